The zero-order valence-electron chi connectivity index (χ0n) is 11.2. The van der Waals surface area contributed by atoms with Crippen molar-refractivity contribution in [2.24, 2.45) is 0 Å². The van der Waals surface area contributed by atoms with Crippen molar-refractivity contribution in [3.05, 3.63) is 52.9 Å². The molecule has 1 aromatic heterocycles. The maximum Gasteiger partial charge on any atom is 0.200 e. The fourth-order valence-electron chi connectivity index (χ4n) is 2.15. The molecule has 0 aliphatic carbocycles. The Kier molecular flexibility index (Phi) is 3.02. The fourth-order valence-corrected chi connectivity index (χ4v) is 2.15. The number of methoxy groups -OCH3 is 1. The van der Waals surface area contributed by atoms with Gasteiger partial charge in [0.05, 0.1) is 18.1 Å². The highest BCUT2D eigenvalue weighted by Crippen LogP contribution is 2.30. The number of phenolic OH excluding ortho intramolecular Hbond substituents is 2. The third kappa shape index (κ3) is 2.18. The lowest BCUT2D eigenvalue weighted by atomic mass is 10.1. The molecule has 0 fully saturated rings. The standard InChI is InChI=1S/C16H12O5/c1-20-11-6-12-15(19)13(8-21-16(12)14(18)7-11)9-2-4-10(17)5-3-9/h2-8,17-18H,1H3. The van der Waals surface area contributed by atoms with E-state index in [0.29, 0.717) is 16.9 Å². The summed E-state index contributed by atoms with van der Waals surface area (Å²) in [5.41, 5.74) is 0.792. The molecule has 0 unspecified atom stereocenters. The van der Waals surface area contributed by atoms with Gasteiger partial charge in [-0.3, -0.25) is 4.79 Å². The summed E-state index contributed by atoms with van der Waals surface area (Å²) in [4.78, 5) is 12.5. The summed E-state index contributed by atoms with van der Waals surface area (Å²) in [6, 6.07) is 9.11. The molecule has 3 rings (SSSR count). The summed E-state index contributed by atoms with van der Waals surface area (Å²) in [5, 5.41) is 19.4. The molecule has 3 aromatic rings. The molecule has 5 nitrogen and oxygen atoms in total. The molecule has 5 heteroatoms. The number of hydrogen-bond acceptors (Lipinski definition) is 5. The molecular formula is C16H12O5. The lowest BCUT2D eigenvalue weighted by Crippen LogP contribution is -2.05. The van der Waals surface area contributed by atoms with Crippen LogP contribution < -0.4 is 10.2 Å². The minimum Gasteiger partial charge on any atom is -0.508 e. The summed E-state index contributed by atoms with van der Waals surface area (Å²) in [7, 11) is 1.45. The molecule has 0 bridgehead atoms. The quantitative estimate of drug-likeness (QED) is 0.756. The molecular weight excluding hydrogens is 272 g/mol. The maximum atomic E-state index is 12.5. The van der Waals surface area contributed by atoms with Gasteiger partial charge in [-0.05, 0) is 23.8 Å². The van der Waals surface area contributed by atoms with Crippen molar-refractivity contribution >= 4 is 11.0 Å². The van der Waals surface area contributed by atoms with Crippen LogP contribution in [0.25, 0.3) is 22.1 Å². The van der Waals surface area contributed by atoms with Gasteiger partial charge >= 0.3 is 0 Å². The van der Waals surface area contributed by atoms with E-state index in [0.717, 1.165) is 0 Å². The van der Waals surface area contributed by atoms with Gasteiger partial charge in [-0.2, -0.15) is 0 Å². The van der Waals surface area contributed by atoms with Gasteiger partial charge in [0.15, 0.2) is 11.3 Å². The molecule has 21 heavy (non-hydrogen) atoms. The van der Waals surface area contributed by atoms with Gasteiger partial charge in [-0.25, -0.2) is 0 Å². The van der Waals surface area contributed by atoms with E-state index in [-0.39, 0.29) is 27.9 Å². The molecule has 0 atom stereocenters. The van der Waals surface area contributed by atoms with Crippen LogP contribution in [0, 0.1) is 0 Å². The lowest BCUT2D eigenvalue weighted by molar-refractivity contribution is 0.407. The molecule has 1 heterocycles. The second-order valence-corrected chi connectivity index (χ2v) is 4.55. The van der Waals surface area contributed by atoms with Gasteiger partial charge in [0.2, 0.25) is 5.43 Å². The third-order valence-corrected chi connectivity index (χ3v) is 3.24. The van der Waals surface area contributed by atoms with Crippen molar-refractivity contribution < 1.29 is 19.4 Å². The smallest absolute Gasteiger partial charge is 0.200 e. The Hall–Kier alpha value is -2.95. The number of benzene rings is 2. The van der Waals surface area contributed by atoms with Crippen molar-refractivity contribution in [2.75, 3.05) is 7.11 Å². The van der Waals surface area contributed by atoms with Crippen LogP contribution in [0.4, 0.5) is 0 Å². The Bertz CT molecular complexity index is 862. The zero-order valence-corrected chi connectivity index (χ0v) is 11.2. The summed E-state index contributed by atoms with van der Waals surface area (Å²) in [6.45, 7) is 0. The van der Waals surface area contributed by atoms with Crippen LogP contribution in [0.15, 0.2) is 51.9 Å². The van der Waals surface area contributed by atoms with Crippen LogP contribution in [0.1, 0.15) is 0 Å². The van der Waals surface area contributed by atoms with Crippen molar-refractivity contribution in [2.45, 2.75) is 0 Å². The molecule has 0 aliphatic heterocycles. The highest BCUT2D eigenvalue weighted by Gasteiger charge is 2.13. The number of phenols is 2. The first-order chi connectivity index (χ1) is 10.1. The first-order valence-electron chi connectivity index (χ1n) is 6.22. The molecule has 0 spiro atoms. The van der Waals surface area contributed by atoms with Crippen LogP contribution in [0.2, 0.25) is 0 Å². The Morgan fingerprint density at radius 1 is 1.10 bits per heavy atom. The maximum absolute atomic E-state index is 12.5. The minimum absolute atomic E-state index is 0.114. The van der Waals surface area contributed by atoms with Crippen molar-refractivity contribution in [3.8, 4) is 28.4 Å². The van der Waals surface area contributed by atoms with Gasteiger partial charge < -0.3 is 19.4 Å². The number of hydrogen-bond donors (Lipinski definition) is 2. The molecule has 0 amide bonds. The average molecular weight is 284 g/mol. The van der Waals surface area contributed by atoms with Crippen LogP contribution in [0.5, 0.6) is 17.2 Å². The Morgan fingerprint density at radius 3 is 2.48 bits per heavy atom. The van der Waals surface area contributed by atoms with E-state index in [2.05, 4.69) is 0 Å². The number of ether oxygens (including phenoxy) is 1. The normalized spacial score (nSPS) is 10.7. The second-order valence-electron chi connectivity index (χ2n) is 4.55. The molecule has 0 saturated heterocycles. The van der Waals surface area contributed by atoms with Crippen LogP contribution >= 0.6 is 0 Å². The topological polar surface area (TPSA) is 79.9 Å². The predicted octanol–water partition coefficient (Wildman–Crippen LogP) is 2.88. The third-order valence-electron chi connectivity index (χ3n) is 3.24. The van der Waals surface area contributed by atoms with E-state index >= 15 is 0 Å². The van der Waals surface area contributed by atoms with E-state index in [1.165, 1.54) is 37.6 Å². The van der Waals surface area contributed by atoms with Crippen molar-refractivity contribution in [1.82, 2.24) is 0 Å². The zero-order chi connectivity index (χ0) is 15.0. The number of rotatable bonds is 2. The Labute approximate surface area is 119 Å². The van der Waals surface area contributed by atoms with Crippen LogP contribution in [-0.4, -0.2) is 17.3 Å². The minimum atomic E-state index is -0.281. The fraction of sp³-hybridized carbons (Fsp3) is 0.0625. The first kappa shape index (κ1) is 13.1. The highest BCUT2D eigenvalue weighted by atomic mass is 16.5. The van der Waals surface area contributed by atoms with Crippen LogP contribution in [-0.2, 0) is 0 Å². The summed E-state index contributed by atoms with van der Waals surface area (Å²) >= 11 is 0. The van der Waals surface area contributed by atoms with Gasteiger partial charge in [-0.15, -0.1) is 0 Å². The molecule has 0 radical (unpaired) electrons. The number of fused-ring (bicyclic) bond motifs is 1. The van der Waals surface area contributed by atoms with E-state index in [9.17, 15) is 15.0 Å². The summed E-state index contributed by atoms with van der Waals surface area (Å²) in [6.07, 6.45) is 1.29. The van der Waals surface area contributed by atoms with Gasteiger partial charge in [0, 0.05) is 6.07 Å². The summed E-state index contributed by atoms with van der Waals surface area (Å²) in [5.74, 6) is 0.331. The molecule has 106 valence electrons. The lowest BCUT2D eigenvalue weighted by Gasteiger charge is -2.06. The molecule has 2 aromatic carbocycles. The largest absolute Gasteiger partial charge is 0.508 e. The Balaban J connectivity index is 2.29. The molecule has 0 saturated carbocycles. The molecule has 2 N–H and O–H groups in total. The van der Waals surface area contributed by atoms with E-state index in [1.54, 1.807) is 12.1 Å². The van der Waals surface area contributed by atoms with E-state index in [4.69, 9.17) is 9.15 Å². The van der Waals surface area contributed by atoms with Gasteiger partial charge in [-0.1, -0.05) is 12.1 Å². The van der Waals surface area contributed by atoms with Crippen molar-refractivity contribution in [3.63, 3.8) is 0 Å². The van der Waals surface area contributed by atoms with Gasteiger partial charge in [0.1, 0.15) is 17.8 Å². The van der Waals surface area contributed by atoms with Crippen molar-refractivity contribution in [1.29, 1.82) is 0 Å². The van der Waals surface area contributed by atoms with Gasteiger partial charge in [0.25, 0.3) is 0 Å². The average Bonchev–Trinajstić information content (AvgIpc) is 2.49. The predicted molar refractivity (Wildman–Crippen MR) is 77.8 cm³/mol. The first-order valence-corrected chi connectivity index (χ1v) is 6.22. The summed E-state index contributed by atoms with van der Waals surface area (Å²) < 4.78 is 10.4. The monoisotopic (exact) mass is 284 g/mol. The van der Waals surface area contributed by atoms with Crippen LogP contribution in [0.3, 0.4) is 0 Å². The number of aromatic hydroxyl groups is 2. The molecule has 0 aliphatic rings. The van der Waals surface area contributed by atoms with E-state index < -0.39 is 0 Å². The Morgan fingerprint density at radius 2 is 1.81 bits per heavy atom. The SMILES string of the molecule is COc1cc(O)c2occ(-c3ccc(O)cc3)c(=O)c2c1. The second kappa shape index (κ2) is 4.86. The highest BCUT2D eigenvalue weighted by molar-refractivity contribution is 5.87. The van der Waals surface area contributed by atoms with E-state index in [1.807, 2.05) is 0 Å².